The summed E-state index contributed by atoms with van der Waals surface area (Å²) in [5.41, 5.74) is 10.7. The van der Waals surface area contributed by atoms with E-state index in [2.05, 4.69) is 10.6 Å². The van der Waals surface area contributed by atoms with Crippen molar-refractivity contribution in [2.75, 3.05) is 0 Å². The third-order valence-corrected chi connectivity index (χ3v) is 2.44. The van der Waals surface area contributed by atoms with Gasteiger partial charge in [-0.1, -0.05) is 30.3 Å². The molecule has 0 saturated carbocycles. The number of carbonyl (C=O) groups excluding carboxylic acids is 2. The Kier molecular flexibility index (Phi) is 5.49. The van der Waals surface area contributed by atoms with Crippen LogP contribution in [-0.4, -0.2) is 16.9 Å². The molecule has 0 saturated heterocycles. The van der Waals surface area contributed by atoms with Crippen molar-refractivity contribution in [3.05, 3.63) is 47.7 Å². The van der Waals surface area contributed by atoms with Crippen molar-refractivity contribution >= 4 is 29.1 Å². The van der Waals surface area contributed by atoms with Gasteiger partial charge in [0.05, 0.1) is 0 Å². The normalized spacial score (nSPS) is 9.26. The fourth-order valence-electron chi connectivity index (χ4n) is 1.23. The maximum atomic E-state index is 10.9. The summed E-state index contributed by atoms with van der Waals surface area (Å²) in [7, 11) is 0. The first-order valence-electron chi connectivity index (χ1n) is 5.38. The molecule has 0 radical (unpaired) electrons. The zero-order valence-electron chi connectivity index (χ0n) is 10.1. The largest absolute Gasteiger partial charge is 0.365 e. The van der Waals surface area contributed by atoms with Crippen LogP contribution in [0.4, 0.5) is 0 Å². The van der Waals surface area contributed by atoms with Gasteiger partial charge in [0.25, 0.3) is 11.8 Å². The van der Waals surface area contributed by atoms with E-state index >= 15 is 0 Å². The Hall–Kier alpha value is -2.41. The van der Waals surface area contributed by atoms with E-state index in [4.69, 9.17) is 23.7 Å². The molecule has 7 heteroatoms. The van der Waals surface area contributed by atoms with Crippen LogP contribution in [0.1, 0.15) is 5.56 Å². The molecule has 1 rings (SSSR count). The van der Waals surface area contributed by atoms with Gasteiger partial charge in [-0.3, -0.25) is 9.59 Å². The van der Waals surface area contributed by atoms with Gasteiger partial charge in [-0.15, -0.1) is 0 Å². The standard InChI is InChI=1S/C12H14N4O2S/c13-10(17)9(11(14)18)7-16-12(19)15-6-8-4-2-1-3-5-8/h1-5,7H,6H2,(H2,13,17)(H2,14,18)(H2,15,16,19). The minimum Gasteiger partial charge on any atom is -0.365 e. The van der Waals surface area contributed by atoms with Crippen LogP contribution < -0.4 is 22.1 Å². The van der Waals surface area contributed by atoms with Crippen molar-refractivity contribution in [1.82, 2.24) is 10.6 Å². The summed E-state index contributed by atoms with van der Waals surface area (Å²) in [6.45, 7) is 0.517. The summed E-state index contributed by atoms with van der Waals surface area (Å²) in [5, 5.41) is 5.73. The van der Waals surface area contributed by atoms with Crippen LogP contribution in [0.2, 0.25) is 0 Å². The van der Waals surface area contributed by atoms with Crippen molar-refractivity contribution in [2.24, 2.45) is 11.5 Å². The molecular formula is C12H14N4O2S. The molecule has 0 fully saturated rings. The number of hydrogen-bond donors (Lipinski definition) is 4. The molecule has 0 aromatic heterocycles. The van der Waals surface area contributed by atoms with Gasteiger partial charge in [-0.25, -0.2) is 0 Å². The number of thiocarbonyl (C=S) groups is 1. The van der Waals surface area contributed by atoms with Crippen molar-refractivity contribution in [2.45, 2.75) is 6.54 Å². The van der Waals surface area contributed by atoms with E-state index in [1.54, 1.807) is 0 Å². The Morgan fingerprint density at radius 2 is 1.74 bits per heavy atom. The molecule has 6 nitrogen and oxygen atoms in total. The molecule has 0 unspecified atom stereocenters. The van der Waals surface area contributed by atoms with Crippen LogP contribution in [0.25, 0.3) is 0 Å². The number of rotatable bonds is 5. The highest BCUT2D eigenvalue weighted by Gasteiger charge is 2.11. The summed E-state index contributed by atoms with van der Waals surface area (Å²) >= 11 is 4.97. The molecule has 19 heavy (non-hydrogen) atoms. The zero-order valence-corrected chi connectivity index (χ0v) is 10.9. The van der Waals surface area contributed by atoms with E-state index in [1.807, 2.05) is 30.3 Å². The number of hydrogen-bond acceptors (Lipinski definition) is 3. The Morgan fingerprint density at radius 3 is 2.26 bits per heavy atom. The molecule has 0 aliphatic carbocycles. The Labute approximate surface area is 115 Å². The van der Waals surface area contributed by atoms with Gasteiger partial charge in [0.2, 0.25) is 0 Å². The lowest BCUT2D eigenvalue weighted by molar-refractivity contribution is -0.120. The lowest BCUT2D eigenvalue weighted by Crippen LogP contribution is -2.34. The monoisotopic (exact) mass is 278 g/mol. The molecule has 100 valence electrons. The van der Waals surface area contributed by atoms with Gasteiger partial charge in [0.1, 0.15) is 5.57 Å². The Morgan fingerprint density at radius 1 is 1.16 bits per heavy atom. The average Bonchev–Trinajstić information content (AvgIpc) is 2.37. The fraction of sp³-hybridized carbons (Fsp3) is 0.0833. The fourth-order valence-corrected chi connectivity index (χ4v) is 1.36. The summed E-state index contributed by atoms with van der Waals surface area (Å²) in [6.07, 6.45) is 1.09. The predicted molar refractivity (Wildman–Crippen MR) is 75.5 cm³/mol. The van der Waals surface area contributed by atoms with Crippen LogP contribution in [0.5, 0.6) is 0 Å². The van der Waals surface area contributed by atoms with Gasteiger partial charge in [-0.2, -0.15) is 0 Å². The molecule has 1 aromatic carbocycles. The predicted octanol–water partition coefficient (Wildman–Crippen LogP) is -0.495. The first-order valence-corrected chi connectivity index (χ1v) is 5.79. The van der Waals surface area contributed by atoms with Crippen molar-refractivity contribution in [3.63, 3.8) is 0 Å². The number of nitrogens with two attached hydrogens (primary N) is 2. The third-order valence-electron chi connectivity index (χ3n) is 2.17. The molecule has 0 heterocycles. The molecule has 2 amide bonds. The van der Waals surface area contributed by atoms with E-state index in [9.17, 15) is 9.59 Å². The molecular weight excluding hydrogens is 264 g/mol. The average molecular weight is 278 g/mol. The number of amides is 2. The number of primary amides is 2. The highest BCUT2D eigenvalue weighted by atomic mass is 32.1. The molecule has 1 aromatic rings. The first kappa shape index (κ1) is 14.7. The number of benzene rings is 1. The highest BCUT2D eigenvalue weighted by molar-refractivity contribution is 7.80. The summed E-state index contributed by atoms with van der Waals surface area (Å²) in [4.78, 5) is 21.8. The van der Waals surface area contributed by atoms with Crippen LogP contribution >= 0.6 is 12.2 Å². The molecule has 0 atom stereocenters. The summed E-state index contributed by atoms with van der Waals surface area (Å²) in [5.74, 6) is -1.82. The minimum absolute atomic E-state index is 0.254. The van der Waals surface area contributed by atoms with Gasteiger partial charge in [-0.05, 0) is 17.8 Å². The zero-order chi connectivity index (χ0) is 14.3. The van der Waals surface area contributed by atoms with Gasteiger partial charge >= 0.3 is 0 Å². The Balaban J connectivity index is 2.50. The Bertz CT molecular complexity index is 498. The molecule has 0 bridgehead atoms. The smallest absolute Gasteiger partial charge is 0.255 e. The summed E-state index contributed by atoms with van der Waals surface area (Å²) in [6, 6.07) is 9.60. The second-order valence-corrected chi connectivity index (χ2v) is 4.01. The van der Waals surface area contributed by atoms with Crippen LogP contribution in [0, 0.1) is 0 Å². The van der Waals surface area contributed by atoms with E-state index in [-0.39, 0.29) is 10.7 Å². The van der Waals surface area contributed by atoms with Crippen LogP contribution in [-0.2, 0) is 16.1 Å². The maximum Gasteiger partial charge on any atom is 0.255 e. The van der Waals surface area contributed by atoms with Gasteiger partial charge < -0.3 is 22.1 Å². The SMILES string of the molecule is NC(=O)C(=CNC(=S)NCc1ccccc1)C(N)=O. The van der Waals surface area contributed by atoms with Crippen molar-refractivity contribution < 1.29 is 9.59 Å². The van der Waals surface area contributed by atoms with Gasteiger partial charge in [0.15, 0.2) is 5.11 Å². The quantitative estimate of drug-likeness (QED) is 0.251. The third kappa shape index (κ3) is 5.17. The van der Waals surface area contributed by atoms with E-state index < -0.39 is 11.8 Å². The topological polar surface area (TPSA) is 110 Å². The van der Waals surface area contributed by atoms with Crippen LogP contribution in [0.3, 0.4) is 0 Å². The second-order valence-electron chi connectivity index (χ2n) is 3.60. The second kappa shape index (κ2) is 7.12. The first-order chi connectivity index (χ1) is 9.00. The van der Waals surface area contributed by atoms with Gasteiger partial charge in [0, 0.05) is 12.7 Å². The van der Waals surface area contributed by atoms with Crippen molar-refractivity contribution in [1.29, 1.82) is 0 Å². The molecule has 0 aliphatic heterocycles. The van der Waals surface area contributed by atoms with E-state index in [0.717, 1.165) is 11.8 Å². The minimum atomic E-state index is -0.911. The lowest BCUT2D eigenvalue weighted by Gasteiger charge is -2.08. The highest BCUT2D eigenvalue weighted by Crippen LogP contribution is 1.97. The van der Waals surface area contributed by atoms with Crippen molar-refractivity contribution in [3.8, 4) is 0 Å². The van der Waals surface area contributed by atoms with Crippen LogP contribution in [0.15, 0.2) is 42.1 Å². The maximum absolute atomic E-state index is 10.9. The lowest BCUT2D eigenvalue weighted by atomic mass is 10.2. The van der Waals surface area contributed by atoms with E-state index in [1.165, 1.54) is 0 Å². The summed E-state index contributed by atoms with van der Waals surface area (Å²) < 4.78 is 0. The molecule has 0 spiro atoms. The number of nitrogens with one attached hydrogen (secondary N) is 2. The number of carbonyl (C=O) groups is 2. The molecule has 6 N–H and O–H groups in total. The molecule has 0 aliphatic rings. The van der Waals surface area contributed by atoms with E-state index in [0.29, 0.717) is 6.54 Å².